The van der Waals surface area contributed by atoms with E-state index in [1.165, 1.54) is 31.3 Å². The van der Waals surface area contributed by atoms with Gasteiger partial charge in [-0.3, -0.25) is 0 Å². The Morgan fingerprint density at radius 2 is 1.86 bits per heavy atom. The minimum Gasteiger partial charge on any atom is -0.382 e. The third kappa shape index (κ3) is 4.71. The number of rotatable bonds is 6. The molecule has 0 aliphatic rings. The van der Waals surface area contributed by atoms with Gasteiger partial charge in [0.05, 0.1) is 16.1 Å². The average Bonchev–Trinajstić information content (AvgIpc) is 2.62. The first-order chi connectivity index (χ1) is 13.0. The molecule has 0 spiro atoms. The van der Waals surface area contributed by atoms with Gasteiger partial charge in [-0.15, -0.1) is 5.10 Å². The molecule has 12 heteroatoms. The molecule has 0 saturated carbocycles. The van der Waals surface area contributed by atoms with Gasteiger partial charge in [-0.2, -0.15) is 13.2 Å². The number of hydrogen-bond donors (Lipinski definition) is 5. The van der Waals surface area contributed by atoms with Crippen molar-refractivity contribution in [1.29, 1.82) is 0 Å². The molecule has 0 radical (unpaired) electrons. The summed E-state index contributed by atoms with van der Waals surface area (Å²) >= 11 is 0. The minimum atomic E-state index is -4.51. The van der Waals surface area contributed by atoms with Crippen molar-refractivity contribution in [3.8, 4) is 0 Å². The molecule has 2 rings (SSSR count). The molecular formula is C16H19F3N6O2S. The van der Waals surface area contributed by atoms with Crippen molar-refractivity contribution in [2.24, 2.45) is 16.7 Å². The van der Waals surface area contributed by atoms with E-state index in [1.807, 2.05) is 5.53 Å². The Hall–Kier alpha value is -2.83. The number of anilines is 2. The van der Waals surface area contributed by atoms with Crippen molar-refractivity contribution >= 4 is 27.2 Å². The fourth-order valence-electron chi connectivity index (χ4n) is 2.44. The van der Waals surface area contributed by atoms with Crippen LogP contribution in [0.2, 0.25) is 0 Å². The predicted octanol–water partition coefficient (Wildman–Crippen LogP) is 1.75. The maximum absolute atomic E-state index is 13.0. The van der Waals surface area contributed by atoms with Crippen LogP contribution in [0.25, 0.3) is 0 Å². The van der Waals surface area contributed by atoms with Gasteiger partial charge >= 0.3 is 6.18 Å². The SMILES string of the molecule is CNS(=O)(=O)c1cc(C)c(Nc2cccc(C(F)(F)F)c2)c(/C(N)=N/NN)c1. The van der Waals surface area contributed by atoms with Crippen molar-refractivity contribution in [3.63, 3.8) is 0 Å². The van der Waals surface area contributed by atoms with Gasteiger partial charge in [0.25, 0.3) is 0 Å². The van der Waals surface area contributed by atoms with Crippen LogP contribution in [0.5, 0.6) is 0 Å². The number of sulfonamides is 1. The monoisotopic (exact) mass is 416 g/mol. The Balaban J connectivity index is 2.62. The predicted molar refractivity (Wildman–Crippen MR) is 100 cm³/mol. The van der Waals surface area contributed by atoms with Crippen LogP contribution in [0.15, 0.2) is 46.4 Å². The summed E-state index contributed by atoms with van der Waals surface area (Å²) in [7, 11) is -2.55. The van der Waals surface area contributed by atoms with Gasteiger partial charge in [0.2, 0.25) is 10.0 Å². The summed E-state index contributed by atoms with van der Waals surface area (Å²) in [6.07, 6.45) is -4.51. The van der Waals surface area contributed by atoms with Crippen LogP contribution in [0.4, 0.5) is 24.5 Å². The van der Waals surface area contributed by atoms with Crippen molar-refractivity contribution in [2.75, 3.05) is 12.4 Å². The molecule has 28 heavy (non-hydrogen) atoms. The number of hydrazine groups is 1. The molecule has 0 atom stereocenters. The van der Waals surface area contributed by atoms with Gasteiger partial charge in [-0.1, -0.05) is 6.07 Å². The molecule has 0 amide bonds. The lowest BCUT2D eigenvalue weighted by molar-refractivity contribution is -0.137. The van der Waals surface area contributed by atoms with Crippen LogP contribution < -0.4 is 27.2 Å². The van der Waals surface area contributed by atoms with E-state index in [4.69, 9.17) is 11.6 Å². The zero-order chi connectivity index (χ0) is 21.1. The number of aryl methyl sites for hydroxylation is 1. The summed E-state index contributed by atoms with van der Waals surface area (Å²) in [5.74, 6) is 4.97. The number of benzene rings is 2. The number of nitrogens with two attached hydrogens (primary N) is 2. The molecule has 0 aliphatic carbocycles. The van der Waals surface area contributed by atoms with Gasteiger partial charge in [-0.05, 0) is 49.9 Å². The van der Waals surface area contributed by atoms with E-state index in [0.717, 1.165) is 12.1 Å². The van der Waals surface area contributed by atoms with Crippen LogP contribution in [0.3, 0.4) is 0 Å². The van der Waals surface area contributed by atoms with Crippen LogP contribution in [-0.2, 0) is 16.2 Å². The number of alkyl halides is 3. The highest BCUT2D eigenvalue weighted by Crippen LogP contribution is 2.33. The summed E-state index contributed by atoms with van der Waals surface area (Å²) < 4.78 is 65.3. The first-order valence-corrected chi connectivity index (χ1v) is 9.29. The second-order valence-electron chi connectivity index (χ2n) is 5.70. The third-order valence-corrected chi connectivity index (χ3v) is 5.20. The second kappa shape index (κ2) is 8.04. The molecule has 8 nitrogen and oxygen atoms in total. The van der Waals surface area contributed by atoms with E-state index < -0.39 is 21.8 Å². The molecule has 0 aromatic heterocycles. The highest BCUT2D eigenvalue weighted by atomic mass is 32.2. The van der Waals surface area contributed by atoms with Crippen molar-refractivity contribution < 1.29 is 21.6 Å². The fourth-order valence-corrected chi connectivity index (χ4v) is 3.28. The van der Waals surface area contributed by atoms with E-state index >= 15 is 0 Å². The molecule has 0 unspecified atom stereocenters. The number of hydrazone groups is 1. The standard InChI is InChI=1S/C16H19F3N6O2S/c1-9-6-12(28(26,27)22-2)8-13(15(20)24-25-21)14(9)23-11-5-3-4-10(7-11)16(17,18)19/h3-8,22-23,25H,21H2,1-2H3,(H2,20,24). The zero-order valence-electron chi connectivity index (χ0n) is 14.9. The lowest BCUT2D eigenvalue weighted by Gasteiger charge is -2.17. The molecule has 7 N–H and O–H groups in total. The lowest BCUT2D eigenvalue weighted by Crippen LogP contribution is -2.25. The Kier molecular flexibility index (Phi) is 6.17. The Morgan fingerprint density at radius 1 is 1.18 bits per heavy atom. The summed E-state index contributed by atoms with van der Waals surface area (Å²) in [5.41, 5.74) is 7.99. The molecule has 0 saturated heterocycles. The normalized spacial score (nSPS) is 12.7. The van der Waals surface area contributed by atoms with Crippen molar-refractivity contribution in [3.05, 3.63) is 53.1 Å². The van der Waals surface area contributed by atoms with E-state index in [9.17, 15) is 21.6 Å². The van der Waals surface area contributed by atoms with Crippen LogP contribution in [-0.4, -0.2) is 21.3 Å². The quantitative estimate of drug-likeness (QED) is 0.211. The van der Waals surface area contributed by atoms with Gasteiger partial charge in [0.1, 0.15) is 0 Å². The molecule has 2 aromatic rings. The first kappa shape index (κ1) is 21.5. The van der Waals surface area contributed by atoms with Crippen LogP contribution in [0.1, 0.15) is 16.7 Å². The zero-order valence-corrected chi connectivity index (χ0v) is 15.7. The second-order valence-corrected chi connectivity index (χ2v) is 7.59. The van der Waals surface area contributed by atoms with Gasteiger partial charge < -0.3 is 11.1 Å². The Bertz CT molecular complexity index is 1010. The van der Waals surface area contributed by atoms with E-state index in [-0.39, 0.29) is 27.7 Å². The van der Waals surface area contributed by atoms with Gasteiger partial charge in [-0.25, -0.2) is 24.5 Å². The summed E-state index contributed by atoms with van der Waals surface area (Å²) in [6, 6.07) is 7.15. The van der Waals surface area contributed by atoms with E-state index in [1.54, 1.807) is 6.92 Å². The summed E-state index contributed by atoms with van der Waals surface area (Å²) in [5, 5.41) is 6.48. The highest BCUT2D eigenvalue weighted by Gasteiger charge is 2.30. The van der Waals surface area contributed by atoms with Crippen molar-refractivity contribution in [2.45, 2.75) is 18.0 Å². The maximum Gasteiger partial charge on any atom is 0.416 e. The fraction of sp³-hybridized carbons (Fsp3) is 0.188. The van der Waals surface area contributed by atoms with Gasteiger partial charge in [0, 0.05) is 11.3 Å². The minimum absolute atomic E-state index is 0.0905. The van der Waals surface area contributed by atoms with Gasteiger partial charge in [0.15, 0.2) is 5.84 Å². The summed E-state index contributed by atoms with van der Waals surface area (Å²) in [6.45, 7) is 1.58. The van der Waals surface area contributed by atoms with Crippen LogP contribution >= 0.6 is 0 Å². The van der Waals surface area contributed by atoms with Crippen molar-refractivity contribution in [1.82, 2.24) is 10.3 Å². The van der Waals surface area contributed by atoms with Crippen LogP contribution in [0, 0.1) is 6.92 Å². The van der Waals surface area contributed by atoms with E-state index in [0.29, 0.717) is 5.56 Å². The molecular weight excluding hydrogens is 397 g/mol. The molecule has 0 heterocycles. The number of halogens is 3. The number of nitrogens with zero attached hydrogens (tertiary/aromatic N) is 1. The number of hydrogen-bond acceptors (Lipinski definition) is 6. The van der Waals surface area contributed by atoms with E-state index in [2.05, 4.69) is 15.1 Å². The molecule has 2 aromatic carbocycles. The summed E-state index contributed by atoms with van der Waals surface area (Å²) in [4.78, 5) is -0.0905. The Morgan fingerprint density at radius 3 is 2.43 bits per heavy atom. The molecule has 0 bridgehead atoms. The highest BCUT2D eigenvalue weighted by molar-refractivity contribution is 7.89. The average molecular weight is 416 g/mol. The molecule has 152 valence electrons. The molecule has 0 fully saturated rings. The Labute approximate surface area is 159 Å². The molecule has 0 aliphatic heterocycles. The maximum atomic E-state index is 13.0. The third-order valence-electron chi connectivity index (χ3n) is 3.81. The largest absolute Gasteiger partial charge is 0.416 e. The number of nitrogens with one attached hydrogen (secondary N) is 3. The number of amidine groups is 1. The first-order valence-electron chi connectivity index (χ1n) is 7.81. The topological polar surface area (TPSA) is 135 Å². The smallest absolute Gasteiger partial charge is 0.382 e. The lowest BCUT2D eigenvalue weighted by atomic mass is 10.1.